The van der Waals surface area contributed by atoms with Crippen LogP contribution in [0, 0.1) is 12.3 Å². The SMILES string of the molecule is C#CC(NN)C1(OCC)CCOCC1. The molecule has 0 radical (unpaired) electrons. The molecule has 1 atom stereocenters. The zero-order valence-electron chi connectivity index (χ0n) is 8.58. The lowest BCUT2D eigenvalue weighted by atomic mass is 9.86. The fourth-order valence-corrected chi connectivity index (χ4v) is 1.87. The summed E-state index contributed by atoms with van der Waals surface area (Å²) >= 11 is 0. The summed E-state index contributed by atoms with van der Waals surface area (Å²) in [7, 11) is 0. The van der Waals surface area contributed by atoms with E-state index in [9.17, 15) is 0 Å². The van der Waals surface area contributed by atoms with Crippen LogP contribution in [-0.4, -0.2) is 31.5 Å². The van der Waals surface area contributed by atoms with Crippen LogP contribution in [-0.2, 0) is 9.47 Å². The fourth-order valence-electron chi connectivity index (χ4n) is 1.87. The maximum atomic E-state index is 5.75. The lowest BCUT2D eigenvalue weighted by Gasteiger charge is -2.40. The monoisotopic (exact) mass is 198 g/mol. The molecule has 4 heteroatoms. The number of hydrazine groups is 1. The zero-order valence-corrected chi connectivity index (χ0v) is 8.58. The third-order valence-corrected chi connectivity index (χ3v) is 2.63. The molecule has 1 unspecified atom stereocenters. The number of hydrogen-bond acceptors (Lipinski definition) is 4. The second-order valence-electron chi connectivity index (χ2n) is 3.38. The van der Waals surface area contributed by atoms with Gasteiger partial charge in [-0.05, 0) is 6.92 Å². The van der Waals surface area contributed by atoms with Crippen LogP contribution < -0.4 is 11.3 Å². The number of ether oxygens (including phenoxy) is 2. The molecule has 1 rings (SSSR count). The summed E-state index contributed by atoms with van der Waals surface area (Å²) in [4.78, 5) is 0. The minimum Gasteiger partial charge on any atom is -0.381 e. The van der Waals surface area contributed by atoms with Crippen LogP contribution in [0.2, 0.25) is 0 Å². The molecule has 3 N–H and O–H groups in total. The Balaban J connectivity index is 2.73. The van der Waals surface area contributed by atoms with Gasteiger partial charge in [0.2, 0.25) is 0 Å². The summed E-state index contributed by atoms with van der Waals surface area (Å²) in [6.45, 7) is 3.96. The zero-order chi connectivity index (χ0) is 10.4. The van der Waals surface area contributed by atoms with Crippen LogP contribution in [0.5, 0.6) is 0 Å². The van der Waals surface area contributed by atoms with Gasteiger partial charge in [-0.1, -0.05) is 5.92 Å². The van der Waals surface area contributed by atoms with Crippen LogP contribution in [0.25, 0.3) is 0 Å². The van der Waals surface area contributed by atoms with Crippen molar-refractivity contribution >= 4 is 0 Å². The van der Waals surface area contributed by atoms with Crippen molar-refractivity contribution < 1.29 is 9.47 Å². The maximum Gasteiger partial charge on any atom is 0.110 e. The van der Waals surface area contributed by atoms with Crippen molar-refractivity contribution in [1.29, 1.82) is 0 Å². The predicted octanol–water partition coefficient (Wildman–Crippen LogP) is 0.0372. The highest BCUT2D eigenvalue weighted by Gasteiger charge is 2.39. The Hall–Kier alpha value is -0.600. The third kappa shape index (κ3) is 2.25. The first-order valence-corrected chi connectivity index (χ1v) is 4.93. The number of hydrogen-bond donors (Lipinski definition) is 2. The molecule has 1 saturated heterocycles. The lowest BCUT2D eigenvalue weighted by molar-refractivity contribution is -0.117. The molecule has 1 heterocycles. The Labute approximate surface area is 85.1 Å². The molecule has 0 saturated carbocycles. The molecule has 0 aromatic heterocycles. The van der Waals surface area contributed by atoms with Crippen LogP contribution in [0.4, 0.5) is 0 Å². The summed E-state index contributed by atoms with van der Waals surface area (Å²) in [6.07, 6.45) is 7.00. The molecule has 0 spiro atoms. The first-order valence-electron chi connectivity index (χ1n) is 4.93. The Bertz CT molecular complexity index is 201. The minimum atomic E-state index is -0.351. The van der Waals surface area contributed by atoms with Gasteiger partial charge in [-0.2, -0.15) is 0 Å². The Morgan fingerprint density at radius 3 is 2.71 bits per heavy atom. The Morgan fingerprint density at radius 2 is 2.29 bits per heavy atom. The molecule has 4 nitrogen and oxygen atoms in total. The molecule has 1 aliphatic heterocycles. The normalized spacial score (nSPS) is 22.6. The topological polar surface area (TPSA) is 56.5 Å². The highest BCUT2D eigenvalue weighted by Crippen LogP contribution is 2.28. The quantitative estimate of drug-likeness (QED) is 0.380. The highest BCUT2D eigenvalue weighted by atomic mass is 16.5. The summed E-state index contributed by atoms with van der Waals surface area (Å²) in [5.74, 6) is 8.05. The van der Waals surface area contributed by atoms with Gasteiger partial charge in [0.25, 0.3) is 0 Å². The summed E-state index contributed by atoms with van der Waals surface area (Å²) in [5, 5.41) is 0. The standard InChI is InChI=1S/C10H18N2O2/c1-3-9(12-11)10(14-4-2)5-7-13-8-6-10/h1,9,12H,4-8,11H2,2H3. The molecule has 0 aliphatic carbocycles. The van der Waals surface area contributed by atoms with E-state index in [0.29, 0.717) is 19.8 Å². The molecule has 80 valence electrons. The van der Waals surface area contributed by atoms with Crippen molar-refractivity contribution in [2.45, 2.75) is 31.4 Å². The van der Waals surface area contributed by atoms with Gasteiger partial charge in [0.15, 0.2) is 0 Å². The molecular weight excluding hydrogens is 180 g/mol. The maximum absolute atomic E-state index is 5.75. The van der Waals surface area contributed by atoms with Gasteiger partial charge >= 0.3 is 0 Å². The second kappa shape index (κ2) is 5.32. The molecule has 14 heavy (non-hydrogen) atoms. The van der Waals surface area contributed by atoms with Gasteiger partial charge in [-0.25, -0.2) is 5.43 Å². The van der Waals surface area contributed by atoms with E-state index >= 15 is 0 Å². The lowest BCUT2D eigenvalue weighted by Crippen LogP contribution is -2.56. The van der Waals surface area contributed by atoms with E-state index in [1.807, 2.05) is 6.92 Å². The van der Waals surface area contributed by atoms with Gasteiger partial charge in [0.1, 0.15) is 11.6 Å². The number of terminal acetylenes is 1. The van der Waals surface area contributed by atoms with E-state index in [-0.39, 0.29) is 11.6 Å². The van der Waals surface area contributed by atoms with E-state index in [2.05, 4.69) is 11.3 Å². The van der Waals surface area contributed by atoms with E-state index in [1.165, 1.54) is 0 Å². The number of rotatable bonds is 4. The van der Waals surface area contributed by atoms with Crippen molar-refractivity contribution in [3.63, 3.8) is 0 Å². The average Bonchev–Trinajstić information content (AvgIpc) is 2.21. The first kappa shape index (κ1) is 11.5. The van der Waals surface area contributed by atoms with Crippen LogP contribution >= 0.6 is 0 Å². The fraction of sp³-hybridized carbons (Fsp3) is 0.800. The van der Waals surface area contributed by atoms with E-state index in [1.54, 1.807) is 0 Å². The van der Waals surface area contributed by atoms with Crippen LogP contribution in [0.3, 0.4) is 0 Å². The molecule has 1 aliphatic rings. The third-order valence-electron chi connectivity index (χ3n) is 2.63. The second-order valence-corrected chi connectivity index (χ2v) is 3.38. The van der Waals surface area contributed by atoms with Crippen LogP contribution in [0.15, 0.2) is 0 Å². The van der Waals surface area contributed by atoms with Crippen LogP contribution in [0.1, 0.15) is 19.8 Å². The first-order chi connectivity index (χ1) is 6.79. The van der Waals surface area contributed by atoms with Gasteiger partial charge in [-0.3, -0.25) is 5.84 Å². The minimum absolute atomic E-state index is 0.244. The number of nitrogens with one attached hydrogen (secondary N) is 1. The molecule has 0 aromatic carbocycles. The van der Waals surface area contributed by atoms with E-state index in [4.69, 9.17) is 21.7 Å². The molecule has 0 aromatic rings. The smallest absolute Gasteiger partial charge is 0.110 e. The molecule has 0 amide bonds. The van der Waals surface area contributed by atoms with Crippen molar-refractivity contribution in [1.82, 2.24) is 5.43 Å². The average molecular weight is 198 g/mol. The van der Waals surface area contributed by atoms with Gasteiger partial charge < -0.3 is 9.47 Å². The van der Waals surface area contributed by atoms with Crippen molar-refractivity contribution in [2.24, 2.45) is 5.84 Å². The molecule has 1 fully saturated rings. The van der Waals surface area contributed by atoms with Crippen molar-refractivity contribution in [3.8, 4) is 12.3 Å². The van der Waals surface area contributed by atoms with E-state index < -0.39 is 0 Å². The van der Waals surface area contributed by atoms with E-state index in [0.717, 1.165) is 12.8 Å². The predicted molar refractivity (Wildman–Crippen MR) is 54.4 cm³/mol. The summed E-state index contributed by atoms with van der Waals surface area (Å²) in [5.41, 5.74) is 2.28. The van der Waals surface area contributed by atoms with Gasteiger partial charge in [0.05, 0.1) is 0 Å². The largest absolute Gasteiger partial charge is 0.381 e. The number of nitrogens with two attached hydrogens (primary N) is 1. The Morgan fingerprint density at radius 1 is 1.64 bits per heavy atom. The van der Waals surface area contributed by atoms with Crippen molar-refractivity contribution in [2.75, 3.05) is 19.8 Å². The summed E-state index contributed by atoms with van der Waals surface area (Å²) in [6, 6.07) is -0.244. The van der Waals surface area contributed by atoms with Crippen molar-refractivity contribution in [3.05, 3.63) is 0 Å². The van der Waals surface area contributed by atoms with Gasteiger partial charge in [-0.15, -0.1) is 6.42 Å². The Kier molecular flexibility index (Phi) is 4.36. The van der Waals surface area contributed by atoms with Gasteiger partial charge in [0, 0.05) is 32.7 Å². The highest BCUT2D eigenvalue weighted by molar-refractivity contribution is 5.10. The summed E-state index contributed by atoms with van der Waals surface area (Å²) < 4.78 is 11.0. The molecular formula is C10H18N2O2. The molecule has 0 bridgehead atoms.